The van der Waals surface area contributed by atoms with Gasteiger partial charge in [-0.25, -0.2) is 4.79 Å². The number of esters is 1. The molecule has 1 N–H and O–H groups in total. The third-order valence-electron chi connectivity index (χ3n) is 3.23. The van der Waals surface area contributed by atoms with Crippen molar-refractivity contribution in [2.75, 3.05) is 12.1 Å². The Balaban J connectivity index is 1.53. The highest BCUT2D eigenvalue weighted by Gasteiger charge is 2.19. The fourth-order valence-corrected chi connectivity index (χ4v) is 2.64. The second-order valence-corrected chi connectivity index (χ2v) is 5.96. The summed E-state index contributed by atoms with van der Waals surface area (Å²) in [6.45, 7) is 1.68. The Labute approximate surface area is 142 Å². The Morgan fingerprint density at radius 2 is 2.12 bits per heavy atom. The molecule has 6 nitrogen and oxygen atoms in total. The molecule has 1 aromatic carbocycles. The predicted molar refractivity (Wildman–Crippen MR) is 90.1 cm³/mol. The molecular weight excluding hydrogens is 330 g/mol. The molecule has 1 aliphatic heterocycles. The quantitative estimate of drug-likeness (QED) is 0.666. The number of benzene rings is 1. The third kappa shape index (κ3) is 3.94. The van der Waals surface area contributed by atoms with Crippen LogP contribution in [0.5, 0.6) is 11.5 Å². The van der Waals surface area contributed by atoms with E-state index < -0.39 is 18.0 Å². The summed E-state index contributed by atoms with van der Waals surface area (Å²) in [7, 11) is 0. The van der Waals surface area contributed by atoms with Crippen LogP contribution in [0, 0.1) is 0 Å². The van der Waals surface area contributed by atoms with Gasteiger partial charge in [0, 0.05) is 22.7 Å². The van der Waals surface area contributed by atoms with Gasteiger partial charge in [-0.05, 0) is 36.6 Å². The van der Waals surface area contributed by atoms with Gasteiger partial charge < -0.3 is 19.5 Å². The average molecular weight is 345 g/mol. The van der Waals surface area contributed by atoms with Crippen molar-refractivity contribution in [3.63, 3.8) is 0 Å². The van der Waals surface area contributed by atoms with Crippen molar-refractivity contribution < 1.29 is 23.8 Å². The molecule has 0 saturated carbocycles. The molecular formula is C17H15NO5S. The number of amides is 1. The summed E-state index contributed by atoms with van der Waals surface area (Å²) in [6, 6.07) is 8.82. The number of nitrogens with one attached hydrogen (secondary N) is 1. The van der Waals surface area contributed by atoms with Crippen molar-refractivity contribution in [1.82, 2.24) is 0 Å². The molecule has 24 heavy (non-hydrogen) atoms. The zero-order valence-electron chi connectivity index (χ0n) is 12.9. The van der Waals surface area contributed by atoms with Gasteiger partial charge >= 0.3 is 5.97 Å². The zero-order chi connectivity index (χ0) is 16.9. The molecule has 7 heteroatoms. The largest absolute Gasteiger partial charge is 0.454 e. The predicted octanol–water partition coefficient (Wildman–Crippen LogP) is 3.06. The molecule has 0 saturated heterocycles. The summed E-state index contributed by atoms with van der Waals surface area (Å²) >= 11 is 1.51. The lowest BCUT2D eigenvalue weighted by Gasteiger charge is -2.12. The molecule has 1 amide bonds. The van der Waals surface area contributed by atoms with Crippen molar-refractivity contribution in [1.29, 1.82) is 0 Å². The van der Waals surface area contributed by atoms with Crippen LogP contribution in [0.15, 0.2) is 41.8 Å². The van der Waals surface area contributed by atoms with E-state index in [1.807, 2.05) is 17.5 Å². The molecule has 0 spiro atoms. The van der Waals surface area contributed by atoms with E-state index in [-0.39, 0.29) is 6.79 Å². The minimum absolute atomic E-state index is 0.164. The summed E-state index contributed by atoms with van der Waals surface area (Å²) in [6.07, 6.45) is 2.03. The normalized spacial score (nSPS) is 13.7. The van der Waals surface area contributed by atoms with E-state index in [0.717, 1.165) is 4.88 Å². The summed E-state index contributed by atoms with van der Waals surface area (Å²) in [5.74, 6) is 0.200. The highest BCUT2D eigenvalue weighted by Crippen LogP contribution is 2.34. The summed E-state index contributed by atoms with van der Waals surface area (Å²) < 4.78 is 15.5. The summed E-state index contributed by atoms with van der Waals surface area (Å²) in [4.78, 5) is 24.8. The number of anilines is 1. The van der Waals surface area contributed by atoms with Crippen LogP contribution in [-0.2, 0) is 14.3 Å². The van der Waals surface area contributed by atoms with Gasteiger partial charge in [-0.3, -0.25) is 4.79 Å². The highest BCUT2D eigenvalue weighted by molar-refractivity contribution is 7.10. The van der Waals surface area contributed by atoms with Gasteiger partial charge in [0.2, 0.25) is 6.79 Å². The second kappa shape index (κ2) is 7.18. The van der Waals surface area contributed by atoms with Gasteiger partial charge in [-0.2, -0.15) is 0 Å². The monoisotopic (exact) mass is 345 g/mol. The molecule has 0 bridgehead atoms. The second-order valence-electron chi connectivity index (χ2n) is 4.99. The number of carbonyl (C=O) groups is 2. The third-order valence-corrected chi connectivity index (χ3v) is 4.07. The Hall–Kier alpha value is -2.80. The van der Waals surface area contributed by atoms with Crippen LogP contribution in [0.4, 0.5) is 5.69 Å². The number of hydrogen-bond acceptors (Lipinski definition) is 6. The first-order valence-corrected chi connectivity index (χ1v) is 8.12. The number of carbonyl (C=O) groups excluding carboxylic acids is 2. The van der Waals surface area contributed by atoms with E-state index in [9.17, 15) is 9.59 Å². The van der Waals surface area contributed by atoms with Gasteiger partial charge in [-0.15, -0.1) is 11.3 Å². The molecule has 0 radical (unpaired) electrons. The van der Waals surface area contributed by atoms with Crippen LogP contribution in [0.25, 0.3) is 6.08 Å². The van der Waals surface area contributed by atoms with Gasteiger partial charge in [-0.1, -0.05) is 6.07 Å². The van der Waals surface area contributed by atoms with E-state index in [1.54, 1.807) is 24.3 Å². The van der Waals surface area contributed by atoms with Gasteiger partial charge in [0.15, 0.2) is 17.6 Å². The number of rotatable bonds is 5. The summed E-state index contributed by atoms with van der Waals surface area (Å²) in [5, 5.41) is 4.58. The zero-order valence-corrected chi connectivity index (χ0v) is 13.7. The van der Waals surface area contributed by atoms with Crippen LogP contribution in [0.1, 0.15) is 11.8 Å². The maximum atomic E-state index is 12.1. The van der Waals surface area contributed by atoms with E-state index in [4.69, 9.17) is 14.2 Å². The Kier molecular flexibility index (Phi) is 4.81. The van der Waals surface area contributed by atoms with Crippen molar-refractivity contribution in [2.24, 2.45) is 0 Å². The number of thiophene rings is 1. The fourth-order valence-electron chi connectivity index (χ4n) is 2.02. The molecule has 0 fully saturated rings. The minimum Gasteiger partial charge on any atom is -0.454 e. The maximum Gasteiger partial charge on any atom is 0.331 e. The Morgan fingerprint density at radius 3 is 2.92 bits per heavy atom. The van der Waals surface area contributed by atoms with Crippen LogP contribution in [0.3, 0.4) is 0 Å². The summed E-state index contributed by atoms with van der Waals surface area (Å²) in [5.41, 5.74) is 0.543. The lowest BCUT2D eigenvalue weighted by atomic mass is 10.2. The van der Waals surface area contributed by atoms with Crippen LogP contribution >= 0.6 is 11.3 Å². The molecule has 124 valence electrons. The standard InChI is InChI=1S/C17H15NO5S/c1-11(23-16(19)7-5-13-3-2-8-24-13)17(20)18-12-4-6-14-15(9-12)22-10-21-14/h2-9,11H,10H2,1H3,(H,18,20)/b7-5+/t11-/m1/s1. The van der Waals surface area contributed by atoms with Gasteiger partial charge in [0.1, 0.15) is 0 Å². The van der Waals surface area contributed by atoms with Crippen molar-refractivity contribution in [3.05, 3.63) is 46.7 Å². The first-order chi connectivity index (χ1) is 11.6. The molecule has 1 aromatic heterocycles. The SMILES string of the molecule is C[C@@H](OC(=O)/C=C/c1cccs1)C(=O)Nc1ccc2c(c1)OCO2. The van der Waals surface area contributed by atoms with Crippen LogP contribution in [0.2, 0.25) is 0 Å². The first-order valence-electron chi connectivity index (χ1n) is 7.24. The van der Waals surface area contributed by atoms with E-state index >= 15 is 0 Å². The average Bonchev–Trinajstić information content (AvgIpc) is 3.23. The molecule has 3 rings (SSSR count). The van der Waals surface area contributed by atoms with E-state index in [1.165, 1.54) is 24.3 Å². The van der Waals surface area contributed by atoms with Gasteiger partial charge in [0.05, 0.1) is 0 Å². The fraction of sp³-hybridized carbons (Fsp3) is 0.176. The molecule has 0 unspecified atom stereocenters. The molecule has 0 aliphatic carbocycles. The van der Waals surface area contributed by atoms with E-state index in [2.05, 4.69) is 5.32 Å². The Bertz CT molecular complexity index is 769. The van der Waals surface area contributed by atoms with Crippen LogP contribution in [-0.4, -0.2) is 24.8 Å². The molecule has 2 heterocycles. The molecule has 2 aromatic rings. The van der Waals surface area contributed by atoms with Crippen molar-refractivity contribution in [3.8, 4) is 11.5 Å². The minimum atomic E-state index is -0.920. The lowest BCUT2D eigenvalue weighted by molar-refractivity contribution is -0.148. The maximum absolute atomic E-state index is 12.1. The van der Waals surface area contributed by atoms with Gasteiger partial charge in [0.25, 0.3) is 5.91 Å². The lowest BCUT2D eigenvalue weighted by Crippen LogP contribution is -2.29. The van der Waals surface area contributed by atoms with Crippen molar-refractivity contribution >= 4 is 35.0 Å². The number of fused-ring (bicyclic) bond motifs is 1. The first kappa shape index (κ1) is 16.1. The highest BCUT2D eigenvalue weighted by atomic mass is 32.1. The molecule has 1 aliphatic rings. The van der Waals surface area contributed by atoms with Crippen molar-refractivity contribution in [2.45, 2.75) is 13.0 Å². The van der Waals surface area contributed by atoms with Crippen LogP contribution < -0.4 is 14.8 Å². The smallest absolute Gasteiger partial charge is 0.331 e. The topological polar surface area (TPSA) is 73.9 Å². The Morgan fingerprint density at radius 1 is 1.29 bits per heavy atom. The number of hydrogen-bond donors (Lipinski definition) is 1. The van der Waals surface area contributed by atoms with E-state index in [0.29, 0.717) is 17.2 Å². The molecule has 1 atom stereocenters. The number of ether oxygens (including phenoxy) is 3.